The van der Waals surface area contributed by atoms with E-state index in [0.717, 1.165) is 44.9 Å². The summed E-state index contributed by atoms with van der Waals surface area (Å²) in [7, 11) is 9.55. The standard InChI is InChI=1S/C57H72BF2N9O11/c1-11-46(56(72)61-26-27-64(6)28-31-78-53-36-50(68(74)75)45(34-52(53)76-10)40(5)79-57(73)80-67-39(4)17-25-55(67)71)63-54(70)15-13-30-77-44-22-19-41(20-23-44)18-21-43-32-37(2)48-35-49-42(14-12-29-69(7,8)9)33-51(47-24-16-38(3)62-47)66(49)58(59,60)65(43)48/h16,18-24,32-36,40,46,62H,4,11-15,17,25-31H2,1-3,5-10H3,(H-,61,63,70,72)/p+1/b21-18+. The van der Waals surface area contributed by atoms with Crippen molar-refractivity contribution in [2.75, 3.05) is 74.7 Å². The second-order valence-corrected chi connectivity index (χ2v) is 21.2. The van der Waals surface area contributed by atoms with Crippen LogP contribution in [-0.2, 0) is 24.0 Å². The Balaban J connectivity index is 0.834. The number of methoxy groups -OCH3 is 1. The zero-order chi connectivity index (χ0) is 58.1. The number of hydroxylamine groups is 2. The van der Waals surface area contributed by atoms with Gasteiger partial charge in [-0.15, -0.1) is 5.06 Å². The summed E-state index contributed by atoms with van der Waals surface area (Å²) < 4.78 is 59.9. The summed E-state index contributed by atoms with van der Waals surface area (Å²) in [5.41, 5.74) is 5.79. The summed E-state index contributed by atoms with van der Waals surface area (Å²) in [5, 5.41) is 18.5. The van der Waals surface area contributed by atoms with Crippen LogP contribution in [0.25, 0.3) is 18.2 Å². The van der Waals surface area contributed by atoms with E-state index in [1.54, 1.807) is 44.3 Å². The molecule has 0 aliphatic carbocycles. The van der Waals surface area contributed by atoms with Crippen molar-refractivity contribution in [3.8, 4) is 17.2 Å². The van der Waals surface area contributed by atoms with E-state index in [1.165, 1.54) is 35.1 Å². The van der Waals surface area contributed by atoms with Crippen molar-refractivity contribution in [3.63, 3.8) is 0 Å². The van der Waals surface area contributed by atoms with Gasteiger partial charge in [0, 0.05) is 73.7 Å². The molecule has 4 aromatic rings. The summed E-state index contributed by atoms with van der Waals surface area (Å²) in [4.78, 5) is 71.9. The molecule has 3 aliphatic rings. The minimum Gasteiger partial charge on any atom is -0.494 e. The van der Waals surface area contributed by atoms with E-state index in [1.807, 2.05) is 55.2 Å². The molecule has 2 atom stereocenters. The molecule has 0 spiro atoms. The van der Waals surface area contributed by atoms with Gasteiger partial charge in [-0.05, 0) is 107 Å². The SMILES string of the molecule is C=C1CCC(=O)N1OC(=O)OC(C)c1cc(OC)c(OCCN(C)CCNC(=O)C(CC)NC(=O)CCCOc2ccc(/C=C/c3cc(C)c4n3[B-](F)(F)[N+]3=C(c5ccc(C)[nH]5)C=C(CCC[N+](C)(C)C)C3=C4)cc2)cc1[N+](=O)[O-]. The first-order valence-electron chi connectivity index (χ1n) is 26.8. The number of nitro benzene ring substituents is 1. The number of carbonyl (C=O) groups is 4. The van der Waals surface area contributed by atoms with Crippen LogP contribution in [0.15, 0.2) is 84.2 Å². The second kappa shape index (κ2) is 25.8. The molecule has 20 nitrogen and oxygen atoms in total. The molecule has 428 valence electrons. The molecule has 0 saturated carbocycles. The lowest BCUT2D eigenvalue weighted by atomic mass is 9.88. The largest absolute Gasteiger partial charge is 0.737 e. The van der Waals surface area contributed by atoms with Crippen LogP contribution >= 0.6 is 0 Å². The summed E-state index contributed by atoms with van der Waals surface area (Å²) in [6, 6.07) is 14.6. The van der Waals surface area contributed by atoms with Crippen molar-refractivity contribution >= 4 is 60.5 Å². The fraction of sp³-hybridized carbons (Fsp3) is 0.421. The lowest BCUT2D eigenvalue weighted by Gasteiger charge is -2.31. The number of H-pyrrole nitrogens is 1. The molecule has 80 heavy (non-hydrogen) atoms. The maximum Gasteiger partial charge on any atom is 0.737 e. The highest BCUT2D eigenvalue weighted by molar-refractivity contribution is 6.58. The molecular formula is C57H73BF2N9O11+. The molecule has 1 fully saturated rings. The Bertz CT molecular complexity index is 3100. The zero-order valence-corrected chi connectivity index (χ0v) is 47.1. The van der Waals surface area contributed by atoms with Crippen LogP contribution in [0.4, 0.5) is 19.1 Å². The molecule has 2 unspecified atom stereocenters. The highest BCUT2D eigenvalue weighted by Gasteiger charge is 2.54. The van der Waals surface area contributed by atoms with E-state index in [9.17, 15) is 29.3 Å². The van der Waals surface area contributed by atoms with Gasteiger partial charge in [0.2, 0.25) is 11.8 Å². The number of amides is 3. The van der Waals surface area contributed by atoms with Crippen molar-refractivity contribution in [1.82, 2.24) is 30.1 Å². The number of ether oxygens (including phenoxy) is 4. The van der Waals surface area contributed by atoms with Gasteiger partial charge in [-0.2, -0.15) is 0 Å². The van der Waals surface area contributed by atoms with Crippen LogP contribution in [0.1, 0.15) is 104 Å². The fourth-order valence-electron chi connectivity index (χ4n) is 9.68. The third-order valence-corrected chi connectivity index (χ3v) is 14.0. The van der Waals surface area contributed by atoms with Gasteiger partial charge in [0.25, 0.3) is 11.6 Å². The summed E-state index contributed by atoms with van der Waals surface area (Å²) in [6.45, 7) is 8.69. The maximum atomic E-state index is 17.1. The van der Waals surface area contributed by atoms with Crippen molar-refractivity contribution in [2.45, 2.75) is 84.8 Å². The molecule has 3 aliphatic heterocycles. The third kappa shape index (κ3) is 14.6. The van der Waals surface area contributed by atoms with Gasteiger partial charge in [-0.25, -0.2) is 4.79 Å². The first-order chi connectivity index (χ1) is 38.0. The lowest BCUT2D eigenvalue weighted by molar-refractivity contribution is -0.870. The Morgan fingerprint density at radius 1 is 1.00 bits per heavy atom. The Kier molecular flexibility index (Phi) is 19.2. The molecule has 2 aromatic carbocycles. The molecule has 7 rings (SSSR count). The smallest absolute Gasteiger partial charge is 0.494 e. The van der Waals surface area contributed by atoms with Gasteiger partial charge < -0.3 is 61.5 Å². The topological polar surface area (TPSA) is 212 Å². The van der Waals surface area contributed by atoms with Gasteiger partial charge in [-0.1, -0.05) is 31.7 Å². The van der Waals surface area contributed by atoms with Crippen LogP contribution < -0.4 is 24.8 Å². The Morgan fingerprint density at radius 2 is 1.75 bits per heavy atom. The number of fused-ring (bicyclic) bond motifs is 2. The number of benzene rings is 2. The minimum absolute atomic E-state index is 0.00339. The van der Waals surface area contributed by atoms with Crippen molar-refractivity contribution in [2.24, 2.45) is 0 Å². The van der Waals surface area contributed by atoms with E-state index in [-0.39, 0.29) is 67.2 Å². The van der Waals surface area contributed by atoms with E-state index < -0.39 is 41.8 Å². The van der Waals surface area contributed by atoms with E-state index in [2.05, 4.69) is 43.3 Å². The second-order valence-electron chi connectivity index (χ2n) is 21.2. The third-order valence-electron chi connectivity index (χ3n) is 14.0. The molecule has 2 aromatic heterocycles. The molecule has 0 bridgehead atoms. The number of hydrogen-bond donors (Lipinski definition) is 3. The number of quaternary nitrogens is 1. The minimum atomic E-state index is -4.27. The number of nitrogens with one attached hydrogen (secondary N) is 3. The van der Waals surface area contributed by atoms with Crippen LogP contribution in [0.2, 0.25) is 0 Å². The Labute approximate surface area is 465 Å². The molecule has 5 heterocycles. The van der Waals surface area contributed by atoms with Gasteiger partial charge in [-0.3, -0.25) is 29.3 Å². The number of aryl methyl sites for hydroxylation is 2. The summed E-state index contributed by atoms with van der Waals surface area (Å²) >= 11 is 0. The molecule has 1 saturated heterocycles. The van der Waals surface area contributed by atoms with Crippen LogP contribution in [0, 0.1) is 24.0 Å². The number of halogens is 2. The highest BCUT2D eigenvalue weighted by Crippen LogP contribution is 2.41. The fourth-order valence-corrected chi connectivity index (χ4v) is 9.68. The maximum absolute atomic E-state index is 17.1. The number of aromatic nitrogens is 2. The lowest BCUT2D eigenvalue weighted by Crippen LogP contribution is -2.51. The number of carbonyl (C=O) groups excluding carboxylic acids is 4. The highest BCUT2D eigenvalue weighted by atomic mass is 19.2. The predicted molar refractivity (Wildman–Crippen MR) is 300 cm³/mol. The average molecular weight is 1110 g/mol. The van der Waals surface area contributed by atoms with Crippen molar-refractivity contribution in [3.05, 3.63) is 134 Å². The van der Waals surface area contributed by atoms with Crippen LogP contribution in [0.3, 0.4) is 0 Å². The molecular weight excluding hydrogens is 1040 g/mol. The normalized spacial score (nSPS) is 15.6. The Hall–Kier alpha value is -8.05. The van der Waals surface area contributed by atoms with Crippen LogP contribution in [0.5, 0.6) is 17.2 Å². The predicted octanol–water partition coefficient (Wildman–Crippen LogP) is 8.47. The van der Waals surface area contributed by atoms with Gasteiger partial charge in [0.15, 0.2) is 22.9 Å². The van der Waals surface area contributed by atoms with E-state index >= 15 is 8.63 Å². The number of nitro groups is 1. The number of hydrogen-bond acceptors (Lipinski definition) is 12. The molecule has 3 amide bonds. The number of aromatic amines is 1. The molecule has 23 heteroatoms. The first kappa shape index (κ1) is 59.6. The van der Waals surface area contributed by atoms with Gasteiger partial charge in [0.1, 0.15) is 30.2 Å². The van der Waals surface area contributed by atoms with Crippen LogP contribution in [-0.4, -0.2) is 151 Å². The number of rotatable bonds is 27. The average Bonchev–Trinajstić information content (AvgIpc) is 4.20. The van der Waals surface area contributed by atoms with E-state index in [0.29, 0.717) is 73.0 Å². The summed E-state index contributed by atoms with van der Waals surface area (Å²) in [6.07, 6.45) is 7.82. The first-order valence-corrected chi connectivity index (χ1v) is 26.8. The Morgan fingerprint density at radius 3 is 2.40 bits per heavy atom. The number of allylic oxidation sites excluding steroid dienone is 3. The van der Waals surface area contributed by atoms with Gasteiger partial charge >= 0.3 is 13.1 Å². The number of nitrogens with zero attached hydrogens (tertiary/aromatic N) is 6. The zero-order valence-electron chi connectivity index (χ0n) is 47.1. The van der Waals surface area contributed by atoms with Gasteiger partial charge in [0.05, 0.1) is 63.7 Å². The quantitative estimate of drug-likeness (QED) is 0.0128. The van der Waals surface area contributed by atoms with Crippen molar-refractivity contribution in [1.29, 1.82) is 0 Å². The van der Waals surface area contributed by atoms with E-state index in [4.69, 9.17) is 23.8 Å². The number of likely N-dealkylation sites (N-methyl/N-ethyl adjacent to an activating group) is 1. The summed E-state index contributed by atoms with van der Waals surface area (Å²) in [5.74, 6) is -0.291. The monoisotopic (exact) mass is 1110 g/mol. The molecule has 3 N–H and O–H groups in total. The van der Waals surface area contributed by atoms with Crippen molar-refractivity contribution < 1.29 is 65.5 Å². The molecule has 0 radical (unpaired) electrons.